The van der Waals surface area contributed by atoms with Crippen LogP contribution >= 0.6 is 0 Å². The largest absolute Gasteiger partial charge is 0.420 e. The van der Waals surface area contributed by atoms with E-state index in [0.29, 0.717) is 34.1 Å². The summed E-state index contributed by atoms with van der Waals surface area (Å²) in [6, 6.07) is 12.5. The monoisotopic (exact) mass is 378 g/mol. The van der Waals surface area contributed by atoms with E-state index in [-0.39, 0.29) is 24.4 Å². The van der Waals surface area contributed by atoms with Crippen LogP contribution in [0.15, 0.2) is 56.5 Å². The van der Waals surface area contributed by atoms with Gasteiger partial charge in [0.1, 0.15) is 0 Å². The smallest absolute Gasteiger partial charge is 0.408 e. The number of H-pyrrole nitrogens is 1. The number of nitrogens with zero attached hydrogens (tertiary/aromatic N) is 2. The van der Waals surface area contributed by atoms with E-state index < -0.39 is 5.76 Å². The van der Waals surface area contributed by atoms with E-state index in [9.17, 15) is 14.4 Å². The van der Waals surface area contributed by atoms with Gasteiger partial charge in [0.05, 0.1) is 23.0 Å². The molecule has 8 heteroatoms. The Kier molecular flexibility index (Phi) is 4.52. The molecule has 2 N–H and O–H groups in total. The summed E-state index contributed by atoms with van der Waals surface area (Å²) in [5.74, 6) is -0.704. The minimum absolute atomic E-state index is 0.0253. The van der Waals surface area contributed by atoms with Crippen LogP contribution in [-0.2, 0) is 17.8 Å². The van der Waals surface area contributed by atoms with Gasteiger partial charge in [-0.3, -0.25) is 14.2 Å². The first-order valence-corrected chi connectivity index (χ1v) is 8.86. The minimum Gasteiger partial charge on any atom is -0.408 e. The maximum absolute atomic E-state index is 12.3. The Balaban J connectivity index is 1.45. The summed E-state index contributed by atoms with van der Waals surface area (Å²) in [7, 11) is 0. The molecule has 0 radical (unpaired) electrons. The molecule has 8 nitrogen and oxygen atoms in total. The molecule has 2 aromatic carbocycles. The van der Waals surface area contributed by atoms with Gasteiger partial charge < -0.3 is 9.73 Å². The second kappa shape index (κ2) is 7.15. The second-order valence-electron chi connectivity index (χ2n) is 6.56. The summed E-state index contributed by atoms with van der Waals surface area (Å²) in [5, 5.41) is 10.3. The number of aromatic nitrogens is 3. The number of hydrogen-bond donors (Lipinski definition) is 2. The van der Waals surface area contributed by atoms with E-state index in [1.807, 2.05) is 19.1 Å². The van der Waals surface area contributed by atoms with Crippen molar-refractivity contribution >= 4 is 27.8 Å². The van der Waals surface area contributed by atoms with Crippen LogP contribution in [0.5, 0.6) is 0 Å². The first-order valence-electron chi connectivity index (χ1n) is 8.86. The molecule has 0 saturated carbocycles. The lowest BCUT2D eigenvalue weighted by atomic mass is 10.1. The lowest BCUT2D eigenvalue weighted by Crippen LogP contribution is -2.31. The van der Waals surface area contributed by atoms with Crippen molar-refractivity contribution in [1.82, 2.24) is 20.1 Å². The zero-order valence-electron chi connectivity index (χ0n) is 15.2. The van der Waals surface area contributed by atoms with Crippen LogP contribution in [0, 0.1) is 6.92 Å². The summed E-state index contributed by atoms with van der Waals surface area (Å²) in [6.45, 7) is 2.48. The van der Waals surface area contributed by atoms with E-state index in [1.165, 1.54) is 4.57 Å². The van der Waals surface area contributed by atoms with Gasteiger partial charge in [0.15, 0.2) is 5.58 Å². The minimum atomic E-state index is -0.455. The fourth-order valence-corrected chi connectivity index (χ4v) is 3.21. The molecule has 0 spiro atoms. The van der Waals surface area contributed by atoms with Gasteiger partial charge in [-0.15, -0.1) is 0 Å². The van der Waals surface area contributed by atoms with Crippen molar-refractivity contribution in [2.45, 2.75) is 19.9 Å². The fourth-order valence-electron chi connectivity index (χ4n) is 3.21. The first-order chi connectivity index (χ1) is 13.5. The van der Waals surface area contributed by atoms with E-state index in [2.05, 4.69) is 15.5 Å². The van der Waals surface area contributed by atoms with Gasteiger partial charge in [0.2, 0.25) is 5.91 Å². The van der Waals surface area contributed by atoms with Crippen molar-refractivity contribution in [2.24, 2.45) is 0 Å². The Morgan fingerprint density at radius 1 is 1.18 bits per heavy atom. The highest BCUT2D eigenvalue weighted by Crippen LogP contribution is 2.15. The van der Waals surface area contributed by atoms with Crippen molar-refractivity contribution in [3.63, 3.8) is 0 Å². The Morgan fingerprint density at radius 3 is 2.79 bits per heavy atom. The molecule has 0 aliphatic heterocycles. The van der Waals surface area contributed by atoms with Gasteiger partial charge in [-0.05, 0) is 30.7 Å². The van der Waals surface area contributed by atoms with Crippen LogP contribution in [0.25, 0.3) is 21.9 Å². The van der Waals surface area contributed by atoms with Gasteiger partial charge >= 0.3 is 5.76 Å². The summed E-state index contributed by atoms with van der Waals surface area (Å²) < 4.78 is 6.73. The van der Waals surface area contributed by atoms with Crippen LogP contribution in [-0.4, -0.2) is 27.2 Å². The lowest BCUT2D eigenvalue weighted by Gasteiger charge is -2.07. The van der Waals surface area contributed by atoms with Crippen molar-refractivity contribution in [3.05, 3.63) is 74.6 Å². The molecule has 1 amide bonds. The molecule has 2 heterocycles. The molecular formula is C20H18N4O4. The highest BCUT2D eigenvalue weighted by Gasteiger charge is 2.12. The third kappa shape index (κ3) is 3.32. The predicted molar refractivity (Wildman–Crippen MR) is 104 cm³/mol. The van der Waals surface area contributed by atoms with E-state index >= 15 is 0 Å². The molecule has 0 saturated heterocycles. The number of nitrogens with one attached hydrogen (secondary N) is 2. The molecule has 0 unspecified atom stereocenters. The van der Waals surface area contributed by atoms with Crippen molar-refractivity contribution in [2.75, 3.05) is 6.54 Å². The normalized spacial score (nSPS) is 11.2. The number of benzene rings is 2. The molecule has 4 aromatic rings. The molecule has 0 bridgehead atoms. The summed E-state index contributed by atoms with van der Waals surface area (Å²) in [6.07, 6.45) is 0.0253. The molecule has 142 valence electrons. The van der Waals surface area contributed by atoms with Gasteiger partial charge in [0.25, 0.3) is 5.56 Å². The third-order valence-corrected chi connectivity index (χ3v) is 4.58. The van der Waals surface area contributed by atoms with Gasteiger partial charge in [-0.2, -0.15) is 5.10 Å². The lowest BCUT2D eigenvalue weighted by molar-refractivity contribution is -0.120. The average molecular weight is 378 g/mol. The van der Waals surface area contributed by atoms with Gasteiger partial charge in [-0.25, -0.2) is 9.89 Å². The Labute approximate surface area is 158 Å². The number of rotatable bonds is 5. The number of aromatic amines is 1. The molecule has 0 aliphatic carbocycles. The van der Waals surface area contributed by atoms with E-state index in [4.69, 9.17) is 4.42 Å². The SMILES string of the molecule is Cc1ccc2c(c1)oc(=O)n2CCNC(=O)Cc1n[nH]c(=O)c2ccccc12. The molecule has 28 heavy (non-hydrogen) atoms. The number of fused-ring (bicyclic) bond motifs is 2. The van der Waals surface area contributed by atoms with E-state index in [0.717, 1.165) is 5.56 Å². The van der Waals surface area contributed by atoms with Crippen LogP contribution < -0.4 is 16.6 Å². The Bertz CT molecular complexity index is 1300. The molecule has 4 rings (SSSR count). The number of carbonyl (C=O) groups excluding carboxylic acids is 1. The molecule has 2 aromatic heterocycles. The van der Waals surface area contributed by atoms with Gasteiger partial charge in [0, 0.05) is 18.5 Å². The van der Waals surface area contributed by atoms with Crippen molar-refractivity contribution in [1.29, 1.82) is 0 Å². The highest BCUT2D eigenvalue weighted by atomic mass is 16.4. The Morgan fingerprint density at radius 2 is 1.96 bits per heavy atom. The van der Waals surface area contributed by atoms with Crippen LogP contribution in [0.3, 0.4) is 0 Å². The maximum Gasteiger partial charge on any atom is 0.420 e. The first kappa shape index (κ1) is 17.7. The summed E-state index contributed by atoms with van der Waals surface area (Å²) >= 11 is 0. The number of oxazole rings is 1. The zero-order chi connectivity index (χ0) is 19.7. The quantitative estimate of drug-likeness (QED) is 0.547. The van der Waals surface area contributed by atoms with Gasteiger partial charge in [-0.1, -0.05) is 24.3 Å². The molecule has 0 atom stereocenters. The highest BCUT2D eigenvalue weighted by molar-refractivity contribution is 5.88. The second-order valence-corrected chi connectivity index (χ2v) is 6.56. The molecule has 0 fully saturated rings. The zero-order valence-corrected chi connectivity index (χ0v) is 15.2. The summed E-state index contributed by atoms with van der Waals surface area (Å²) in [4.78, 5) is 36.2. The fraction of sp³-hybridized carbons (Fsp3) is 0.200. The van der Waals surface area contributed by atoms with Crippen LogP contribution in [0.2, 0.25) is 0 Å². The van der Waals surface area contributed by atoms with Crippen molar-refractivity contribution in [3.8, 4) is 0 Å². The predicted octanol–water partition coefficient (Wildman–Crippen LogP) is 1.50. The average Bonchev–Trinajstić information content (AvgIpc) is 2.99. The van der Waals surface area contributed by atoms with E-state index in [1.54, 1.807) is 30.3 Å². The van der Waals surface area contributed by atoms with Crippen LogP contribution in [0.4, 0.5) is 0 Å². The summed E-state index contributed by atoms with van der Waals surface area (Å²) in [5.41, 5.74) is 2.43. The third-order valence-electron chi connectivity index (χ3n) is 4.58. The number of hydrogen-bond acceptors (Lipinski definition) is 5. The topological polar surface area (TPSA) is 110 Å². The maximum atomic E-state index is 12.3. The Hall–Kier alpha value is -3.68. The number of carbonyl (C=O) groups is 1. The molecule has 0 aliphatic rings. The number of amides is 1. The number of aryl methyl sites for hydroxylation is 1. The standard InChI is InChI=1S/C20H18N4O4/c1-12-6-7-16-17(10-12)28-20(27)24(16)9-8-21-18(25)11-15-13-4-2-3-5-14(13)19(26)23-22-15/h2-7,10H,8-9,11H2,1H3,(H,21,25)(H,23,26). The van der Waals surface area contributed by atoms with Crippen LogP contribution in [0.1, 0.15) is 11.3 Å². The van der Waals surface area contributed by atoms with Crippen molar-refractivity contribution < 1.29 is 9.21 Å². The molecular weight excluding hydrogens is 360 g/mol.